The van der Waals surface area contributed by atoms with Crippen LogP contribution in [0.5, 0.6) is 0 Å². The number of anilines is 1. The van der Waals surface area contributed by atoms with Crippen molar-refractivity contribution in [2.24, 2.45) is 5.14 Å². The van der Waals surface area contributed by atoms with Crippen molar-refractivity contribution in [3.05, 3.63) is 23.3 Å². The minimum atomic E-state index is -3.71. The van der Waals surface area contributed by atoms with Gasteiger partial charge in [-0.1, -0.05) is 23.5 Å². The zero-order chi connectivity index (χ0) is 15.4. The van der Waals surface area contributed by atoms with Gasteiger partial charge in [0.25, 0.3) is 0 Å². The number of rotatable bonds is 2. The monoisotopic (exact) mass is 325 g/mol. The van der Waals surface area contributed by atoms with E-state index in [2.05, 4.69) is 4.98 Å². The highest BCUT2D eigenvalue weighted by molar-refractivity contribution is 7.89. The molecule has 1 aliphatic heterocycles. The number of fused-ring (bicyclic) bond motifs is 1. The van der Waals surface area contributed by atoms with E-state index >= 15 is 0 Å². The van der Waals surface area contributed by atoms with Crippen molar-refractivity contribution in [2.75, 3.05) is 11.4 Å². The molecule has 0 radical (unpaired) electrons. The Balaban J connectivity index is 2.04. The molecule has 0 spiro atoms. The van der Waals surface area contributed by atoms with Gasteiger partial charge in [-0.15, -0.1) is 0 Å². The van der Waals surface area contributed by atoms with E-state index in [0.717, 1.165) is 21.3 Å². The lowest BCUT2D eigenvalue weighted by molar-refractivity contribution is -0.117. The van der Waals surface area contributed by atoms with Crippen molar-refractivity contribution < 1.29 is 13.2 Å². The Labute approximate surface area is 126 Å². The largest absolute Gasteiger partial charge is 0.287 e. The second kappa shape index (κ2) is 4.75. The number of carbonyl (C=O) groups is 1. The van der Waals surface area contributed by atoms with Crippen LogP contribution >= 0.6 is 11.3 Å². The van der Waals surface area contributed by atoms with E-state index in [4.69, 9.17) is 5.14 Å². The fourth-order valence-corrected chi connectivity index (χ4v) is 4.31. The van der Waals surface area contributed by atoms with Crippen molar-refractivity contribution in [1.29, 1.82) is 0 Å². The van der Waals surface area contributed by atoms with E-state index < -0.39 is 15.3 Å². The molecule has 1 aromatic carbocycles. The molecular weight excluding hydrogens is 310 g/mol. The number of hydrogen-bond donors (Lipinski definition) is 1. The van der Waals surface area contributed by atoms with Gasteiger partial charge in [0.15, 0.2) is 5.13 Å². The van der Waals surface area contributed by atoms with Crippen molar-refractivity contribution in [3.63, 3.8) is 0 Å². The van der Waals surface area contributed by atoms with Crippen LogP contribution in [0.4, 0.5) is 5.13 Å². The Bertz CT molecular complexity index is 803. The number of hydrogen-bond acceptors (Lipinski definition) is 5. The first-order valence-corrected chi connectivity index (χ1v) is 8.88. The molecule has 0 aliphatic carbocycles. The van der Waals surface area contributed by atoms with Crippen LogP contribution in [0.2, 0.25) is 0 Å². The first kappa shape index (κ1) is 14.4. The van der Waals surface area contributed by atoms with Gasteiger partial charge in [-0.25, -0.2) is 18.5 Å². The number of carbonyl (C=O) groups excluding carboxylic acids is 1. The molecule has 1 saturated heterocycles. The van der Waals surface area contributed by atoms with Crippen LogP contribution in [-0.4, -0.2) is 31.1 Å². The number of sulfonamides is 1. The third kappa shape index (κ3) is 2.43. The van der Waals surface area contributed by atoms with Gasteiger partial charge in [-0.3, -0.25) is 9.69 Å². The standard InChI is InChI=1S/C13H15N3O3S2/c1-7-3-4-8(2)12-11(7)15-13(20-12)16-6-9(5-10(16)17)21(14,18)19/h3-4,9H,5-6H2,1-2H3,(H2,14,18,19). The molecule has 2 N–H and O–H groups in total. The summed E-state index contributed by atoms with van der Waals surface area (Å²) >= 11 is 1.41. The van der Waals surface area contributed by atoms with E-state index in [1.807, 2.05) is 26.0 Å². The Hall–Kier alpha value is -1.51. The summed E-state index contributed by atoms with van der Waals surface area (Å²) < 4.78 is 23.9. The molecule has 1 aromatic heterocycles. The first-order valence-electron chi connectivity index (χ1n) is 6.46. The van der Waals surface area contributed by atoms with Crippen LogP contribution in [0.15, 0.2) is 12.1 Å². The van der Waals surface area contributed by atoms with Crippen LogP contribution in [0.1, 0.15) is 17.5 Å². The maximum atomic E-state index is 12.1. The molecule has 21 heavy (non-hydrogen) atoms. The molecule has 1 atom stereocenters. The quantitative estimate of drug-likeness (QED) is 0.901. The molecular formula is C13H15N3O3S2. The van der Waals surface area contributed by atoms with E-state index in [1.54, 1.807) is 0 Å². The number of aryl methyl sites for hydroxylation is 2. The number of nitrogens with two attached hydrogens (primary N) is 1. The van der Waals surface area contributed by atoms with Crippen molar-refractivity contribution >= 4 is 42.6 Å². The summed E-state index contributed by atoms with van der Waals surface area (Å²) in [6, 6.07) is 4.00. The number of benzene rings is 1. The molecule has 0 saturated carbocycles. The molecule has 8 heteroatoms. The predicted octanol–water partition coefficient (Wildman–Crippen LogP) is 1.31. The SMILES string of the molecule is Cc1ccc(C)c2sc(N3CC(S(N)(=O)=O)CC3=O)nc12. The van der Waals surface area contributed by atoms with E-state index in [0.29, 0.717) is 5.13 Å². The minimum Gasteiger partial charge on any atom is -0.287 e. The van der Waals surface area contributed by atoms with Crippen LogP contribution < -0.4 is 10.0 Å². The molecule has 1 fully saturated rings. The fraction of sp³-hybridized carbons (Fsp3) is 0.385. The molecule has 6 nitrogen and oxygen atoms in total. The van der Waals surface area contributed by atoms with E-state index in [9.17, 15) is 13.2 Å². The van der Waals surface area contributed by atoms with Gasteiger partial charge < -0.3 is 0 Å². The van der Waals surface area contributed by atoms with Crippen LogP contribution in [0, 0.1) is 13.8 Å². The van der Waals surface area contributed by atoms with E-state index in [1.165, 1.54) is 16.2 Å². The lowest BCUT2D eigenvalue weighted by atomic mass is 10.1. The number of aromatic nitrogens is 1. The van der Waals surface area contributed by atoms with Crippen molar-refractivity contribution in [1.82, 2.24) is 4.98 Å². The van der Waals surface area contributed by atoms with Gasteiger partial charge in [0.05, 0.1) is 10.2 Å². The first-order chi connectivity index (χ1) is 9.77. The predicted molar refractivity (Wildman–Crippen MR) is 83.0 cm³/mol. The van der Waals surface area contributed by atoms with Crippen LogP contribution in [0.3, 0.4) is 0 Å². The maximum absolute atomic E-state index is 12.1. The Kier molecular flexibility index (Phi) is 3.27. The van der Waals surface area contributed by atoms with Gasteiger partial charge in [0.1, 0.15) is 5.25 Å². The minimum absolute atomic E-state index is 0.0767. The van der Waals surface area contributed by atoms with Gasteiger partial charge in [-0.2, -0.15) is 0 Å². The molecule has 1 amide bonds. The zero-order valence-corrected chi connectivity index (χ0v) is 13.3. The zero-order valence-electron chi connectivity index (χ0n) is 11.7. The maximum Gasteiger partial charge on any atom is 0.230 e. The van der Waals surface area contributed by atoms with Crippen LogP contribution in [-0.2, 0) is 14.8 Å². The normalized spacial score (nSPS) is 19.7. The third-order valence-corrected chi connectivity index (χ3v) is 6.17. The highest BCUT2D eigenvalue weighted by Crippen LogP contribution is 2.35. The van der Waals surface area contributed by atoms with Gasteiger partial charge >= 0.3 is 0 Å². The number of nitrogens with zero attached hydrogens (tertiary/aromatic N) is 2. The number of amides is 1. The summed E-state index contributed by atoms with van der Waals surface area (Å²) in [5.41, 5.74) is 2.99. The fourth-order valence-electron chi connectivity index (χ4n) is 2.44. The van der Waals surface area contributed by atoms with Crippen molar-refractivity contribution in [3.8, 4) is 0 Å². The molecule has 112 valence electrons. The number of primary sulfonamides is 1. The smallest absolute Gasteiger partial charge is 0.230 e. The average Bonchev–Trinajstić information content (AvgIpc) is 2.97. The molecule has 1 unspecified atom stereocenters. The van der Waals surface area contributed by atoms with Gasteiger partial charge in [0, 0.05) is 13.0 Å². The molecule has 2 aromatic rings. The molecule has 3 rings (SSSR count). The summed E-state index contributed by atoms with van der Waals surface area (Å²) in [6.45, 7) is 4.03. The Morgan fingerprint density at radius 1 is 1.33 bits per heavy atom. The summed E-state index contributed by atoms with van der Waals surface area (Å²) in [5.74, 6) is -0.247. The molecule has 1 aliphatic rings. The highest BCUT2D eigenvalue weighted by atomic mass is 32.2. The Morgan fingerprint density at radius 3 is 2.57 bits per heavy atom. The van der Waals surface area contributed by atoms with Gasteiger partial charge in [-0.05, 0) is 25.0 Å². The summed E-state index contributed by atoms with van der Waals surface area (Å²) in [7, 11) is -3.71. The lowest BCUT2D eigenvalue weighted by Gasteiger charge is -2.11. The third-order valence-electron chi connectivity index (χ3n) is 3.72. The number of thiazole rings is 1. The second-order valence-electron chi connectivity index (χ2n) is 5.29. The van der Waals surface area contributed by atoms with Crippen LogP contribution in [0.25, 0.3) is 10.2 Å². The molecule has 0 bridgehead atoms. The average molecular weight is 325 g/mol. The molecule has 2 heterocycles. The topological polar surface area (TPSA) is 93.4 Å². The second-order valence-corrected chi connectivity index (χ2v) is 8.12. The van der Waals surface area contributed by atoms with Gasteiger partial charge in [0.2, 0.25) is 15.9 Å². The summed E-state index contributed by atoms with van der Waals surface area (Å²) in [4.78, 5) is 18.0. The lowest BCUT2D eigenvalue weighted by Crippen LogP contribution is -2.32. The summed E-state index contributed by atoms with van der Waals surface area (Å²) in [6.07, 6.45) is -0.0767. The highest BCUT2D eigenvalue weighted by Gasteiger charge is 2.38. The van der Waals surface area contributed by atoms with Crippen molar-refractivity contribution in [2.45, 2.75) is 25.5 Å². The Morgan fingerprint density at radius 2 is 2.00 bits per heavy atom. The summed E-state index contributed by atoms with van der Waals surface area (Å²) in [5, 5.41) is 4.84. The van der Waals surface area contributed by atoms with E-state index in [-0.39, 0.29) is 18.9 Å².